The van der Waals surface area contributed by atoms with Crippen LogP contribution in [0, 0.1) is 0 Å². The van der Waals surface area contributed by atoms with Crippen molar-refractivity contribution in [3.05, 3.63) is 180 Å². The monoisotopic (exact) mass is 684 g/mol. The quantitative estimate of drug-likeness (QED) is 0.0474. The minimum atomic E-state index is -3.79. The van der Waals surface area contributed by atoms with Crippen LogP contribution in [-0.2, 0) is 29.8 Å². The van der Waals surface area contributed by atoms with Crippen LogP contribution in [-0.4, -0.2) is 33.2 Å². The van der Waals surface area contributed by atoms with Gasteiger partial charge >= 0.3 is 13.3 Å². The first-order valence-corrected chi connectivity index (χ1v) is 18.5. The summed E-state index contributed by atoms with van der Waals surface area (Å²) in [5.74, 6) is -1.10. The van der Waals surface area contributed by atoms with Crippen molar-refractivity contribution in [2.75, 3.05) is 0 Å². The summed E-state index contributed by atoms with van der Waals surface area (Å²) in [7, 11) is -3.79. The van der Waals surface area contributed by atoms with E-state index in [0.29, 0.717) is 17.0 Å². The minimum absolute atomic E-state index is 0.0184. The number of esters is 1. The summed E-state index contributed by atoms with van der Waals surface area (Å²) >= 11 is 1.44. The van der Waals surface area contributed by atoms with Gasteiger partial charge < -0.3 is 9.26 Å². The van der Waals surface area contributed by atoms with Crippen molar-refractivity contribution in [2.45, 2.75) is 30.9 Å². The number of carbonyl (C=O) groups is 2. The van der Waals surface area contributed by atoms with Gasteiger partial charge in [-0.1, -0.05) is 139 Å². The molecule has 2 unspecified atom stereocenters. The van der Waals surface area contributed by atoms with Gasteiger partial charge in [-0.25, -0.2) is 4.79 Å². The number of ether oxygens (including phenoxy) is 1. The van der Waals surface area contributed by atoms with Crippen LogP contribution in [0.4, 0.5) is 0 Å². The van der Waals surface area contributed by atoms with E-state index in [0.717, 1.165) is 21.7 Å². The SMILES string of the molecule is CC(OP(=O)(c1ccccc1)c1ccccc1)=C(C(=O)OC(c1ccccc1)c1ccccc1)N1C(=O)C2N=C(Cc3ccccc3)SC21. The first kappa shape index (κ1) is 32.4. The summed E-state index contributed by atoms with van der Waals surface area (Å²) in [6, 6.07) is 45.9. The number of likely N-dealkylation sites (tertiary alicyclic amines) is 1. The van der Waals surface area contributed by atoms with Gasteiger partial charge in [-0.3, -0.25) is 19.3 Å². The summed E-state index contributed by atoms with van der Waals surface area (Å²) in [5.41, 5.74) is 2.49. The van der Waals surface area contributed by atoms with Gasteiger partial charge in [0, 0.05) is 6.42 Å². The van der Waals surface area contributed by atoms with Crippen LogP contribution in [0.3, 0.4) is 0 Å². The Kier molecular flexibility index (Phi) is 9.34. The number of benzene rings is 5. The number of carbonyl (C=O) groups excluding carboxylic acids is 2. The van der Waals surface area contributed by atoms with E-state index < -0.39 is 30.9 Å². The highest BCUT2D eigenvalue weighted by Gasteiger charge is 2.56. The molecular weight excluding hydrogens is 651 g/mol. The average molecular weight is 685 g/mol. The molecule has 0 aromatic heterocycles. The Morgan fingerprint density at radius 1 is 0.755 bits per heavy atom. The van der Waals surface area contributed by atoms with Crippen molar-refractivity contribution in [3.63, 3.8) is 0 Å². The standard InChI is InChI=1S/C40H33N2O5PS/c1-28(47-48(45,32-23-13-5-14-24-32)33-25-15-6-16-26-33)36(40(44)46-37(30-19-9-3-10-20-30)31-21-11-4-12-22-31)42-38(43)35-39(42)49-34(41-35)27-29-17-7-2-8-18-29/h2-26,35,37,39H,27H2,1H3. The smallest absolute Gasteiger partial charge is 0.359 e. The van der Waals surface area contributed by atoms with Crippen molar-refractivity contribution >= 4 is 46.7 Å². The molecule has 7 rings (SSSR count). The molecule has 0 radical (unpaired) electrons. The molecule has 5 aromatic carbocycles. The highest BCUT2D eigenvalue weighted by atomic mass is 32.2. The second-order valence-electron chi connectivity index (χ2n) is 11.7. The van der Waals surface area contributed by atoms with Crippen LogP contribution in [0.25, 0.3) is 0 Å². The molecule has 2 aliphatic heterocycles. The topological polar surface area (TPSA) is 85.3 Å². The van der Waals surface area contributed by atoms with Gasteiger partial charge in [0.2, 0.25) is 0 Å². The average Bonchev–Trinajstić information content (AvgIpc) is 3.52. The zero-order valence-electron chi connectivity index (χ0n) is 26.7. The number of fused-ring (bicyclic) bond motifs is 1. The highest BCUT2D eigenvalue weighted by Crippen LogP contribution is 2.49. The minimum Gasteiger partial charge on any atom is -0.448 e. The van der Waals surface area contributed by atoms with Gasteiger partial charge in [0.25, 0.3) is 5.91 Å². The second kappa shape index (κ2) is 14.1. The summed E-state index contributed by atoms with van der Waals surface area (Å²) in [6.45, 7) is 1.57. The van der Waals surface area contributed by atoms with Gasteiger partial charge in [-0.15, -0.1) is 0 Å². The Labute approximate surface area is 289 Å². The molecule has 244 valence electrons. The Bertz CT molecular complexity index is 1980. The molecule has 0 saturated carbocycles. The van der Waals surface area contributed by atoms with Crippen LogP contribution in [0.2, 0.25) is 0 Å². The molecule has 2 aliphatic rings. The van der Waals surface area contributed by atoms with Crippen LogP contribution < -0.4 is 10.6 Å². The van der Waals surface area contributed by atoms with Crippen LogP contribution in [0.15, 0.2) is 168 Å². The number of allylic oxidation sites excluding steroid dienone is 1. The van der Waals surface area contributed by atoms with Crippen LogP contribution in [0.1, 0.15) is 29.7 Å². The molecule has 2 heterocycles. The number of rotatable bonds is 11. The van der Waals surface area contributed by atoms with E-state index >= 15 is 0 Å². The van der Waals surface area contributed by atoms with E-state index in [4.69, 9.17) is 14.3 Å². The zero-order valence-corrected chi connectivity index (χ0v) is 28.4. The molecule has 1 amide bonds. The van der Waals surface area contributed by atoms with E-state index in [1.807, 2.05) is 103 Å². The first-order chi connectivity index (χ1) is 23.9. The van der Waals surface area contributed by atoms with Crippen LogP contribution in [0.5, 0.6) is 0 Å². The molecule has 0 aliphatic carbocycles. The second-order valence-corrected chi connectivity index (χ2v) is 15.2. The Morgan fingerprint density at radius 3 is 1.73 bits per heavy atom. The lowest BCUT2D eigenvalue weighted by atomic mass is 10.0. The zero-order chi connectivity index (χ0) is 33.8. The third-order valence-electron chi connectivity index (χ3n) is 8.41. The number of amides is 1. The van der Waals surface area contributed by atoms with E-state index in [-0.39, 0.29) is 17.4 Å². The lowest BCUT2D eigenvalue weighted by Gasteiger charge is -2.42. The van der Waals surface area contributed by atoms with Gasteiger partial charge in [0.1, 0.15) is 11.1 Å². The lowest BCUT2D eigenvalue weighted by molar-refractivity contribution is -0.153. The number of β-lactam (4-membered cyclic amide) rings is 1. The maximum absolute atomic E-state index is 15.0. The highest BCUT2D eigenvalue weighted by molar-refractivity contribution is 8.14. The molecular formula is C40H33N2O5PS. The van der Waals surface area contributed by atoms with Crippen molar-refractivity contribution in [2.24, 2.45) is 4.99 Å². The molecule has 0 bridgehead atoms. The van der Waals surface area contributed by atoms with E-state index in [2.05, 4.69) is 0 Å². The summed E-state index contributed by atoms with van der Waals surface area (Å²) < 4.78 is 27.7. The molecule has 7 nitrogen and oxygen atoms in total. The van der Waals surface area contributed by atoms with Crippen molar-refractivity contribution in [3.8, 4) is 0 Å². The third kappa shape index (κ3) is 6.62. The molecule has 1 fully saturated rings. The molecule has 5 aromatic rings. The van der Waals surface area contributed by atoms with Crippen molar-refractivity contribution < 1.29 is 23.4 Å². The molecule has 9 heteroatoms. The fourth-order valence-corrected chi connectivity index (χ4v) is 9.44. The van der Waals surface area contributed by atoms with E-state index in [1.165, 1.54) is 16.7 Å². The molecule has 0 N–H and O–H groups in total. The summed E-state index contributed by atoms with van der Waals surface area (Å²) in [5, 5.41) is 1.23. The maximum atomic E-state index is 15.0. The first-order valence-electron chi connectivity index (χ1n) is 16.0. The Hall–Kier alpha value is -5.17. The summed E-state index contributed by atoms with van der Waals surface area (Å²) in [6.07, 6.45) is -0.207. The van der Waals surface area contributed by atoms with Crippen LogP contribution >= 0.6 is 19.1 Å². The van der Waals surface area contributed by atoms with Crippen molar-refractivity contribution in [1.82, 2.24) is 4.90 Å². The molecule has 2 atom stereocenters. The Morgan fingerprint density at radius 2 is 1.22 bits per heavy atom. The molecule has 0 spiro atoms. The molecule has 1 saturated heterocycles. The van der Waals surface area contributed by atoms with Gasteiger partial charge in [-0.05, 0) is 47.9 Å². The maximum Gasteiger partial charge on any atom is 0.359 e. The van der Waals surface area contributed by atoms with Gasteiger partial charge in [0.05, 0.1) is 15.7 Å². The fraction of sp³-hybridized carbons (Fsp3) is 0.125. The normalized spacial score (nSPS) is 17.5. The number of hydrogen-bond acceptors (Lipinski definition) is 7. The van der Waals surface area contributed by atoms with E-state index in [9.17, 15) is 14.2 Å². The predicted molar refractivity (Wildman–Crippen MR) is 194 cm³/mol. The molecule has 49 heavy (non-hydrogen) atoms. The third-order valence-corrected chi connectivity index (χ3v) is 12.1. The number of thioether (sulfide) groups is 1. The number of nitrogens with zero attached hydrogens (tertiary/aromatic N) is 2. The summed E-state index contributed by atoms with van der Waals surface area (Å²) in [4.78, 5) is 34.5. The van der Waals surface area contributed by atoms with Crippen molar-refractivity contribution in [1.29, 1.82) is 0 Å². The largest absolute Gasteiger partial charge is 0.448 e. The Balaban J connectivity index is 1.28. The predicted octanol–water partition coefficient (Wildman–Crippen LogP) is 7.42. The van der Waals surface area contributed by atoms with E-state index in [1.54, 1.807) is 55.5 Å². The lowest BCUT2D eigenvalue weighted by Crippen LogP contribution is -2.61. The van der Waals surface area contributed by atoms with Gasteiger partial charge in [-0.2, -0.15) is 0 Å². The fourth-order valence-electron chi connectivity index (χ4n) is 6.00. The number of aliphatic imine (C=N–C) groups is 1. The van der Waals surface area contributed by atoms with Gasteiger partial charge in [0.15, 0.2) is 17.8 Å². The number of hydrogen-bond donors (Lipinski definition) is 0.